The van der Waals surface area contributed by atoms with Crippen molar-refractivity contribution in [1.82, 2.24) is 9.13 Å². The van der Waals surface area contributed by atoms with E-state index in [2.05, 4.69) is 6.07 Å². The molecular weight excluding hydrogens is 246 g/mol. The van der Waals surface area contributed by atoms with Crippen LogP contribution in [0.3, 0.4) is 0 Å². The summed E-state index contributed by atoms with van der Waals surface area (Å²) in [4.78, 5) is 35.0. The molecule has 0 atom stereocenters. The van der Waals surface area contributed by atoms with Crippen molar-refractivity contribution in [1.29, 1.82) is 5.26 Å². The number of rotatable bonds is 4. The van der Waals surface area contributed by atoms with Crippen LogP contribution in [0, 0.1) is 16.7 Å². The van der Waals surface area contributed by atoms with Crippen molar-refractivity contribution in [2.24, 2.45) is 12.5 Å². The quantitative estimate of drug-likeness (QED) is 0.748. The first-order chi connectivity index (χ1) is 8.69. The standard InChI is InChI=1S/C13H17N3O3/c1-9(17)10-7-16(6-5-13(2,3)8-14)12(19)15(4)11(10)18/h7H,5-6H2,1-4H3. The Morgan fingerprint density at radius 3 is 2.47 bits per heavy atom. The van der Waals surface area contributed by atoms with Crippen molar-refractivity contribution in [2.45, 2.75) is 33.7 Å². The zero-order chi connectivity index (χ0) is 14.8. The number of ketones is 1. The summed E-state index contributed by atoms with van der Waals surface area (Å²) in [5, 5.41) is 8.94. The molecule has 0 aliphatic rings. The number of Topliss-reactive ketones (excluding diaryl/α,β-unsaturated/α-hetero) is 1. The second kappa shape index (κ2) is 5.22. The Bertz CT molecular complexity index is 659. The number of hydrogen-bond donors (Lipinski definition) is 0. The van der Waals surface area contributed by atoms with Gasteiger partial charge < -0.3 is 0 Å². The second-order valence-electron chi connectivity index (χ2n) is 5.18. The molecule has 6 heteroatoms. The van der Waals surface area contributed by atoms with E-state index in [1.165, 1.54) is 24.7 Å². The summed E-state index contributed by atoms with van der Waals surface area (Å²) >= 11 is 0. The number of aryl methyl sites for hydroxylation is 1. The van der Waals surface area contributed by atoms with Crippen LogP contribution in [0.5, 0.6) is 0 Å². The van der Waals surface area contributed by atoms with Gasteiger partial charge in [0.15, 0.2) is 5.78 Å². The lowest BCUT2D eigenvalue weighted by atomic mass is 9.91. The Balaban J connectivity index is 3.24. The van der Waals surface area contributed by atoms with Crippen LogP contribution in [0.15, 0.2) is 15.8 Å². The molecule has 0 aliphatic heterocycles. The van der Waals surface area contributed by atoms with E-state index in [-0.39, 0.29) is 17.9 Å². The Kier molecular flexibility index (Phi) is 4.10. The van der Waals surface area contributed by atoms with E-state index in [9.17, 15) is 14.4 Å². The summed E-state index contributed by atoms with van der Waals surface area (Å²) in [6.45, 7) is 5.11. The van der Waals surface area contributed by atoms with Crippen LogP contribution in [0.4, 0.5) is 0 Å². The van der Waals surface area contributed by atoms with E-state index in [4.69, 9.17) is 5.26 Å². The highest BCUT2D eigenvalue weighted by molar-refractivity contribution is 5.93. The molecule has 19 heavy (non-hydrogen) atoms. The predicted octanol–water partition coefficient (Wildman–Crippen LogP) is 0.689. The average molecular weight is 263 g/mol. The van der Waals surface area contributed by atoms with Crippen LogP contribution < -0.4 is 11.2 Å². The number of nitrogens with zero attached hydrogens (tertiary/aromatic N) is 3. The van der Waals surface area contributed by atoms with Gasteiger partial charge in [-0.05, 0) is 27.2 Å². The topological polar surface area (TPSA) is 84.9 Å². The molecule has 0 aromatic carbocycles. The molecule has 0 radical (unpaired) electrons. The minimum atomic E-state index is -0.590. The summed E-state index contributed by atoms with van der Waals surface area (Å²) in [7, 11) is 1.34. The highest BCUT2D eigenvalue weighted by Gasteiger charge is 2.18. The molecule has 0 N–H and O–H groups in total. The van der Waals surface area contributed by atoms with Crippen LogP contribution in [-0.4, -0.2) is 14.9 Å². The van der Waals surface area contributed by atoms with Crippen LogP contribution in [0.1, 0.15) is 37.6 Å². The van der Waals surface area contributed by atoms with Gasteiger partial charge in [0.2, 0.25) is 0 Å². The van der Waals surface area contributed by atoms with Gasteiger partial charge in [-0.2, -0.15) is 5.26 Å². The molecule has 0 spiro atoms. The fourth-order valence-electron chi connectivity index (χ4n) is 1.58. The molecule has 0 bridgehead atoms. The first-order valence-corrected chi connectivity index (χ1v) is 5.92. The molecule has 1 heterocycles. The van der Waals surface area contributed by atoms with Gasteiger partial charge in [0.1, 0.15) is 0 Å². The Labute approximate surface area is 110 Å². The van der Waals surface area contributed by atoms with Gasteiger partial charge in [-0.15, -0.1) is 0 Å². The van der Waals surface area contributed by atoms with Gasteiger partial charge in [0, 0.05) is 19.8 Å². The van der Waals surface area contributed by atoms with Crippen LogP contribution in [0.2, 0.25) is 0 Å². The van der Waals surface area contributed by atoms with Gasteiger partial charge in [-0.1, -0.05) is 0 Å². The zero-order valence-corrected chi connectivity index (χ0v) is 11.6. The molecule has 0 fully saturated rings. The molecule has 6 nitrogen and oxygen atoms in total. The number of nitriles is 1. The maximum atomic E-state index is 11.9. The van der Waals surface area contributed by atoms with Crippen molar-refractivity contribution < 1.29 is 4.79 Å². The Morgan fingerprint density at radius 2 is 2.00 bits per heavy atom. The fourth-order valence-corrected chi connectivity index (χ4v) is 1.58. The van der Waals surface area contributed by atoms with Gasteiger partial charge in [-0.25, -0.2) is 4.79 Å². The van der Waals surface area contributed by atoms with E-state index < -0.39 is 16.7 Å². The molecule has 1 rings (SSSR count). The van der Waals surface area contributed by atoms with E-state index in [1.54, 1.807) is 13.8 Å². The van der Waals surface area contributed by atoms with E-state index in [1.807, 2.05) is 0 Å². The number of carbonyl (C=O) groups excluding carboxylic acids is 1. The van der Waals surface area contributed by atoms with Crippen molar-refractivity contribution >= 4 is 5.78 Å². The summed E-state index contributed by atoms with van der Waals surface area (Å²) in [5.41, 5.74) is -1.65. The molecule has 0 amide bonds. The largest absolute Gasteiger partial charge is 0.330 e. The summed E-state index contributed by atoms with van der Waals surface area (Å²) in [5.74, 6) is -0.381. The van der Waals surface area contributed by atoms with Crippen LogP contribution in [-0.2, 0) is 13.6 Å². The fraction of sp³-hybridized carbons (Fsp3) is 0.538. The lowest BCUT2D eigenvalue weighted by Gasteiger charge is -2.16. The first-order valence-electron chi connectivity index (χ1n) is 5.92. The summed E-state index contributed by atoms with van der Waals surface area (Å²) in [6.07, 6.45) is 1.74. The highest BCUT2D eigenvalue weighted by atomic mass is 16.2. The van der Waals surface area contributed by atoms with E-state index >= 15 is 0 Å². The third-order valence-electron chi connectivity index (χ3n) is 3.01. The second-order valence-corrected chi connectivity index (χ2v) is 5.18. The average Bonchev–Trinajstić information content (AvgIpc) is 2.34. The summed E-state index contributed by atoms with van der Waals surface area (Å²) < 4.78 is 2.22. The number of carbonyl (C=O) groups is 1. The predicted molar refractivity (Wildman–Crippen MR) is 70.0 cm³/mol. The van der Waals surface area contributed by atoms with Crippen LogP contribution >= 0.6 is 0 Å². The Morgan fingerprint density at radius 1 is 1.42 bits per heavy atom. The lowest BCUT2D eigenvalue weighted by molar-refractivity contribution is 0.101. The number of hydrogen-bond acceptors (Lipinski definition) is 4. The van der Waals surface area contributed by atoms with E-state index in [0.29, 0.717) is 6.42 Å². The third kappa shape index (κ3) is 3.19. The van der Waals surface area contributed by atoms with Crippen molar-refractivity contribution in [3.8, 4) is 6.07 Å². The molecule has 1 aromatic rings. The molecule has 0 saturated heterocycles. The Hall–Kier alpha value is -2.16. The van der Waals surface area contributed by atoms with Gasteiger partial charge in [0.25, 0.3) is 5.56 Å². The zero-order valence-electron chi connectivity index (χ0n) is 11.6. The van der Waals surface area contributed by atoms with Crippen molar-refractivity contribution in [3.05, 3.63) is 32.6 Å². The molecule has 102 valence electrons. The molecule has 0 saturated carbocycles. The smallest absolute Gasteiger partial charge is 0.300 e. The van der Waals surface area contributed by atoms with Gasteiger partial charge in [-0.3, -0.25) is 18.7 Å². The molecule has 0 unspecified atom stereocenters. The molecule has 0 aliphatic carbocycles. The van der Waals surface area contributed by atoms with Crippen molar-refractivity contribution in [2.75, 3.05) is 0 Å². The summed E-state index contributed by atoms with van der Waals surface area (Å²) in [6, 6.07) is 2.14. The first kappa shape index (κ1) is 14.9. The maximum Gasteiger partial charge on any atom is 0.330 e. The van der Waals surface area contributed by atoms with Gasteiger partial charge in [0.05, 0.1) is 17.0 Å². The van der Waals surface area contributed by atoms with Gasteiger partial charge >= 0.3 is 5.69 Å². The van der Waals surface area contributed by atoms with Crippen LogP contribution in [0.25, 0.3) is 0 Å². The lowest BCUT2D eigenvalue weighted by Crippen LogP contribution is -2.40. The third-order valence-corrected chi connectivity index (χ3v) is 3.01. The SMILES string of the molecule is CC(=O)c1cn(CCC(C)(C)C#N)c(=O)n(C)c1=O. The minimum absolute atomic E-state index is 0.0168. The molecular formula is C13H17N3O3. The highest BCUT2D eigenvalue weighted by Crippen LogP contribution is 2.18. The van der Waals surface area contributed by atoms with E-state index in [0.717, 1.165) is 4.57 Å². The maximum absolute atomic E-state index is 11.9. The number of aromatic nitrogens is 2. The minimum Gasteiger partial charge on any atom is -0.300 e. The molecule has 1 aromatic heterocycles. The monoisotopic (exact) mass is 263 g/mol. The normalized spacial score (nSPS) is 11.1. The van der Waals surface area contributed by atoms with Crippen molar-refractivity contribution in [3.63, 3.8) is 0 Å².